The van der Waals surface area contributed by atoms with Gasteiger partial charge in [-0.3, -0.25) is 14.0 Å². The van der Waals surface area contributed by atoms with Gasteiger partial charge in [0.1, 0.15) is 0 Å². The van der Waals surface area contributed by atoms with Gasteiger partial charge in [-0.15, -0.1) is 11.3 Å². The number of hydrogen-bond donors (Lipinski definition) is 2. The zero-order valence-electron chi connectivity index (χ0n) is 16.2. The number of carbonyl (C=O) groups is 2. The fraction of sp³-hybridized carbons (Fsp3) is 0.136. The Labute approximate surface area is 186 Å². The molecule has 0 saturated heterocycles. The molecule has 4 rings (SSSR count). The maximum atomic E-state index is 12.4. The molecule has 2 amide bonds. The third kappa shape index (κ3) is 4.60. The van der Waals surface area contributed by atoms with Crippen LogP contribution in [0.1, 0.15) is 11.3 Å². The van der Waals surface area contributed by atoms with Crippen LogP contribution in [-0.4, -0.2) is 27.7 Å². The van der Waals surface area contributed by atoms with Gasteiger partial charge in [-0.05, 0) is 30.7 Å². The predicted octanol–water partition coefficient (Wildman–Crippen LogP) is 4.43. The van der Waals surface area contributed by atoms with Crippen LogP contribution in [0, 0.1) is 6.92 Å². The van der Waals surface area contributed by atoms with Crippen molar-refractivity contribution < 1.29 is 9.59 Å². The molecule has 8 heteroatoms. The number of imidazole rings is 1. The van der Waals surface area contributed by atoms with Crippen molar-refractivity contribution in [2.75, 3.05) is 11.9 Å². The lowest BCUT2D eigenvalue weighted by Gasteiger charge is -2.09. The second-order valence-corrected chi connectivity index (χ2v) is 8.58. The molecule has 152 valence electrons. The number of aromatic nitrogens is 2. The van der Waals surface area contributed by atoms with Crippen molar-refractivity contribution >= 4 is 49.7 Å². The van der Waals surface area contributed by atoms with Crippen molar-refractivity contribution in [2.24, 2.45) is 0 Å². The number of hydrogen-bond acceptors (Lipinski definition) is 4. The van der Waals surface area contributed by atoms with Crippen molar-refractivity contribution in [1.29, 1.82) is 0 Å². The van der Waals surface area contributed by atoms with Crippen LogP contribution in [-0.2, 0) is 16.0 Å². The number of amides is 2. The molecule has 0 aliphatic heterocycles. The molecule has 2 heterocycles. The van der Waals surface area contributed by atoms with E-state index < -0.39 is 0 Å². The van der Waals surface area contributed by atoms with E-state index in [4.69, 9.17) is 0 Å². The Bertz CT molecular complexity index is 1220. The van der Waals surface area contributed by atoms with Gasteiger partial charge in [-0.2, -0.15) is 0 Å². The highest BCUT2D eigenvalue weighted by molar-refractivity contribution is 9.10. The molecule has 0 aliphatic rings. The Morgan fingerprint density at radius 3 is 2.70 bits per heavy atom. The number of nitrogens with zero attached hydrogens (tertiary/aromatic N) is 2. The van der Waals surface area contributed by atoms with Crippen LogP contribution >= 0.6 is 27.3 Å². The van der Waals surface area contributed by atoms with Gasteiger partial charge in [0.15, 0.2) is 4.96 Å². The van der Waals surface area contributed by atoms with Crippen LogP contribution in [0.5, 0.6) is 0 Å². The highest BCUT2D eigenvalue weighted by Gasteiger charge is 2.13. The number of carbonyl (C=O) groups excluding carboxylic acids is 2. The molecule has 0 atom stereocenters. The van der Waals surface area contributed by atoms with Crippen LogP contribution in [0.4, 0.5) is 5.69 Å². The Balaban J connectivity index is 1.36. The molecular weight excluding hydrogens is 464 g/mol. The summed E-state index contributed by atoms with van der Waals surface area (Å²) in [4.78, 5) is 30.0. The van der Waals surface area contributed by atoms with Gasteiger partial charge in [0.2, 0.25) is 11.8 Å². The van der Waals surface area contributed by atoms with E-state index in [1.165, 1.54) is 11.3 Å². The third-order valence-corrected chi connectivity index (χ3v) is 5.99. The minimum atomic E-state index is -0.266. The fourth-order valence-electron chi connectivity index (χ4n) is 3.07. The van der Waals surface area contributed by atoms with Gasteiger partial charge in [0.05, 0.1) is 18.7 Å². The standard InChI is InChI=1S/C22H19BrN4O2S/c1-14-9-16(23)7-8-18(14)25-21(29)11-24-20(28)10-17-13-30-22-26-19(12-27(17)22)15-5-3-2-4-6-15/h2-9,12-13H,10-11H2,1H3,(H,24,28)(H,25,29). The molecule has 2 N–H and O–H groups in total. The molecule has 0 spiro atoms. The molecule has 0 unspecified atom stereocenters. The van der Waals surface area contributed by atoms with Gasteiger partial charge >= 0.3 is 0 Å². The topological polar surface area (TPSA) is 75.5 Å². The summed E-state index contributed by atoms with van der Waals surface area (Å²) in [7, 11) is 0. The smallest absolute Gasteiger partial charge is 0.243 e. The largest absolute Gasteiger partial charge is 0.347 e. The van der Waals surface area contributed by atoms with Crippen LogP contribution in [0.3, 0.4) is 0 Å². The monoisotopic (exact) mass is 482 g/mol. The molecule has 4 aromatic rings. The van der Waals surface area contributed by atoms with Crippen LogP contribution in [0.2, 0.25) is 0 Å². The maximum Gasteiger partial charge on any atom is 0.243 e. The second-order valence-electron chi connectivity index (χ2n) is 6.83. The molecule has 0 radical (unpaired) electrons. The summed E-state index contributed by atoms with van der Waals surface area (Å²) in [6.07, 6.45) is 2.11. The highest BCUT2D eigenvalue weighted by atomic mass is 79.9. The Kier molecular flexibility index (Phi) is 5.96. The first kappa shape index (κ1) is 20.3. The molecule has 0 fully saturated rings. The molecule has 30 heavy (non-hydrogen) atoms. The molecular formula is C22H19BrN4O2S. The number of fused-ring (bicyclic) bond motifs is 1. The molecule has 0 aliphatic carbocycles. The predicted molar refractivity (Wildman–Crippen MR) is 123 cm³/mol. The van der Waals surface area contributed by atoms with Crippen LogP contribution in [0.25, 0.3) is 16.2 Å². The van der Waals surface area contributed by atoms with Crippen molar-refractivity contribution in [1.82, 2.24) is 14.7 Å². The van der Waals surface area contributed by atoms with Gasteiger partial charge < -0.3 is 10.6 Å². The summed E-state index contributed by atoms with van der Waals surface area (Å²) >= 11 is 4.89. The molecule has 6 nitrogen and oxygen atoms in total. The lowest BCUT2D eigenvalue weighted by atomic mass is 10.2. The van der Waals surface area contributed by atoms with E-state index in [-0.39, 0.29) is 24.8 Å². The van der Waals surface area contributed by atoms with E-state index in [0.29, 0.717) is 0 Å². The number of nitrogens with one attached hydrogen (secondary N) is 2. The average Bonchev–Trinajstić information content (AvgIpc) is 3.31. The summed E-state index contributed by atoms with van der Waals surface area (Å²) in [5.41, 5.74) is 4.41. The average molecular weight is 483 g/mol. The number of thiazole rings is 1. The van der Waals surface area contributed by atoms with Gasteiger partial charge in [-0.1, -0.05) is 46.3 Å². The molecule has 2 aromatic heterocycles. The number of rotatable bonds is 6. The number of halogens is 1. The minimum absolute atomic E-state index is 0.0825. The maximum absolute atomic E-state index is 12.4. The minimum Gasteiger partial charge on any atom is -0.347 e. The van der Waals surface area contributed by atoms with Gasteiger partial charge in [-0.25, -0.2) is 4.98 Å². The fourth-order valence-corrected chi connectivity index (χ4v) is 4.42. The second kappa shape index (κ2) is 8.81. The first-order chi connectivity index (χ1) is 14.5. The number of benzene rings is 2. The molecule has 2 aromatic carbocycles. The molecule has 0 saturated carbocycles. The molecule has 0 bridgehead atoms. The summed E-state index contributed by atoms with van der Waals surface area (Å²) < 4.78 is 2.88. The first-order valence-electron chi connectivity index (χ1n) is 9.33. The summed E-state index contributed by atoms with van der Waals surface area (Å²) in [6, 6.07) is 15.5. The number of aryl methyl sites for hydroxylation is 1. The van der Waals surface area contributed by atoms with E-state index in [0.717, 1.165) is 37.6 Å². The van der Waals surface area contributed by atoms with E-state index >= 15 is 0 Å². The zero-order valence-corrected chi connectivity index (χ0v) is 18.6. The first-order valence-corrected chi connectivity index (χ1v) is 11.0. The van der Waals surface area contributed by atoms with Gasteiger partial charge in [0, 0.05) is 33.0 Å². The Morgan fingerprint density at radius 1 is 1.13 bits per heavy atom. The van der Waals surface area contributed by atoms with Crippen LogP contribution < -0.4 is 10.6 Å². The summed E-state index contributed by atoms with van der Waals surface area (Å²) in [5, 5.41) is 7.42. The quantitative estimate of drug-likeness (QED) is 0.426. The number of anilines is 1. The zero-order chi connectivity index (χ0) is 21.1. The van der Waals surface area contributed by atoms with E-state index in [9.17, 15) is 9.59 Å². The van der Waals surface area contributed by atoms with Crippen LogP contribution in [0.15, 0.2) is 64.6 Å². The van der Waals surface area contributed by atoms with E-state index in [2.05, 4.69) is 31.5 Å². The lowest BCUT2D eigenvalue weighted by molar-refractivity contribution is -0.123. The van der Waals surface area contributed by atoms with Gasteiger partial charge in [0.25, 0.3) is 0 Å². The van der Waals surface area contributed by atoms with Crippen molar-refractivity contribution in [3.63, 3.8) is 0 Å². The van der Waals surface area contributed by atoms with Crippen molar-refractivity contribution in [2.45, 2.75) is 13.3 Å². The third-order valence-electron chi connectivity index (χ3n) is 4.60. The van der Waals surface area contributed by atoms with E-state index in [1.807, 2.05) is 71.4 Å². The summed E-state index contributed by atoms with van der Waals surface area (Å²) in [6.45, 7) is 1.83. The normalized spacial score (nSPS) is 10.9. The highest BCUT2D eigenvalue weighted by Crippen LogP contribution is 2.24. The van der Waals surface area contributed by atoms with Crippen molar-refractivity contribution in [3.05, 3.63) is 75.8 Å². The lowest BCUT2D eigenvalue weighted by Crippen LogP contribution is -2.34. The SMILES string of the molecule is Cc1cc(Br)ccc1NC(=O)CNC(=O)Cc1csc2nc(-c3ccccc3)cn12. The van der Waals surface area contributed by atoms with Crippen molar-refractivity contribution in [3.8, 4) is 11.3 Å². The Hall–Kier alpha value is -2.97. The Morgan fingerprint density at radius 2 is 1.93 bits per heavy atom. The summed E-state index contributed by atoms with van der Waals surface area (Å²) in [5.74, 6) is -0.481. The van der Waals surface area contributed by atoms with E-state index in [1.54, 1.807) is 0 Å².